The monoisotopic (exact) mass is 427 g/mol. The van der Waals surface area contributed by atoms with Crippen LogP contribution >= 0.6 is 0 Å². The highest BCUT2D eigenvalue weighted by atomic mass is 16.5. The van der Waals surface area contributed by atoms with Crippen molar-refractivity contribution in [2.75, 3.05) is 14.2 Å². The molecule has 2 aromatic rings. The Hall–Kier alpha value is -2.78. The molecule has 31 heavy (non-hydrogen) atoms. The normalized spacial score (nSPS) is 22.1. The third-order valence-corrected chi connectivity index (χ3v) is 5.51. The van der Waals surface area contributed by atoms with Crippen LogP contribution in [0.5, 0.6) is 0 Å². The van der Waals surface area contributed by atoms with E-state index in [0.717, 1.165) is 11.1 Å². The van der Waals surface area contributed by atoms with E-state index in [1.165, 1.54) is 11.8 Å². The van der Waals surface area contributed by atoms with E-state index in [4.69, 9.17) is 9.47 Å². The van der Waals surface area contributed by atoms with E-state index in [9.17, 15) is 14.7 Å². The van der Waals surface area contributed by atoms with E-state index in [2.05, 4.69) is 10.6 Å². The number of carbonyl (C=O) groups is 2. The molecule has 1 aliphatic heterocycles. The lowest BCUT2D eigenvalue weighted by molar-refractivity contribution is -0.160. The predicted molar refractivity (Wildman–Crippen MR) is 115 cm³/mol. The summed E-state index contributed by atoms with van der Waals surface area (Å²) in [5.41, 5.74) is 1.60. The highest BCUT2D eigenvalue weighted by molar-refractivity contribution is 5.84. The van der Waals surface area contributed by atoms with Crippen molar-refractivity contribution in [1.82, 2.24) is 15.5 Å². The molecule has 166 valence electrons. The summed E-state index contributed by atoms with van der Waals surface area (Å²) in [7, 11) is 3.10. The molecule has 1 aliphatic rings. The van der Waals surface area contributed by atoms with E-state index in [0.29, 0.717) is 6.42 Å². The number of aliphatic carboxylic acids is 1. The Labute approximate surface area is 182 Å². The molecular weight excluding hydrogens is 398 g/mol. The first-order chi connectivity index (χ1) is 15.0. The zero-order chi connectivity index (χ0) is 22.4. The second kappa shape index (κ2) is 10.5. The molecule has 0 spiro atoms. The Bertz CT molecular complexity index is 813. The maximum atomic E-state index is 12.8. The number of nitrogens with one attached hydrogen (secondary N) is 2. The van der Waals surface area contributed by atoms with Gasteiger partial charge in [0, 0.05) is 33.5 Å². The molecule has 3 unspecified atom stereocenters. The highest BCUT2D eigenvalue weighted by Gasteiger charge is 2.43. The number of amides is 1. The number of rotatable bonds is 8. The molecular formula is C23H29N3O5. The zero-order valence-electron chi connectivity index (χ0n) is 17.9. The van der Waals surface area contributed by atoms with E-state index in [1.807, 2.05) is 60.7 Å². The molecule has 0 aromatic heterocycles. The van der Waals surface area contributed by atoms with Crippen molar-refractivity contribution >= 4 is 11.9 Å². The van der Waals surface area contributed by atoms with Gasteiger partial charge in [-0.05, 0) is 11.1 Å². The minimum Gasteiger partial charge on any atom is -0.480 e. The van der Waals surface area contributed by atoms with Gasteiger partial charge in [-0.2, -0.15) is 0 Å². The average molecular weight is 428 g/mol. The Morgan fingerprint density at radius 3 is 1.74 bits per heavy atom. The summed E-state index contributed by atoms with van der Waals surface area (Å²) >= 11 is 0. The fraction of sp³-hybridized carbons (Fsp3) is 0.391. The number of hydrogen-bond donors (Lipinski definition) is 3. The van der Waals surface area contributed by atoms with Crippen LogP contribution in [0, 0.1) is 0 Å². The molecule has 2 aromatic carbocycles. The van der Waals surface area contributed by atoms with Crippen molar-refractivity contribution in [3.63, 3.8) is 0 Å². The van der Waals surface area contributed by atoms with E-state index < -0.39 is 36.7 Å². The lowest BCUT2D eigenvalue weighted by atomic mass is 9.84. The van der Waals surface area contributed by atoms with Crippen molar-refractivity contribution < 1.29 is 24.2 Å². The number of carboxylic acid groups (broad SMARTS) is 1. The molecule has 1 fully saturated rings. The minimum absolute atomic E-state index is 0.388. The molecule has 3 rings (SSSR count). The first-order valence-electron chi connectivity index (χ1n) is 10.2. The number of carboxylic acids is 1. The van der Waals surface area contributed by atoms with Gasteiger partial charge in [0.05, 0.1) is 0 Å². The van der Waals surface area contributed by atoms with Gasteiger partial charge in [0.1, 0.15) is 24.8 Å². The Balaban J connectivity index is 2.09. The van der Waals surface area contributed by atoms with Gasteiger partial charge in [-0.3, -0.25) is 20.3 Å². The SMILES string of the molecule is COC1CC(OC)NC(N(C(C)=O)C(C(=O)O)C(c2ccccc2)c2ccccc2)N1. The van der Waals surface area contributed by atoms with Crippen molar-refractivity contribution in [3.05, 3.63) is 71.8 Å². The van der Waals surface area contributed by atoms with Crippen LogP contribution in [0.25, 0.3) is 0 Å². The molecule has 1 saturated heterocycles. The van der Waals surface area contributed by atoms with Gasteiger partial charge in [0.25, 0.3) is 0 Å². The third kappa shape index (κ3) is 5.29. The summed E-state index contributed by atoms with van der Waals surface area (Å²) in [4.78, 5) is 26.8. The standard InChI is InChI=1S/C23H29N3O5/c1-15(27)26(23-24-18(30-2)14-19(25-23)31-3)21(22(28)29)20(16-10-6-4-7-11-16)17-12-8-5-9-13-17/h4-13,18-21,23-25H,14H2,1-3H3,(H,28,29). The number of methoxy groups -OCH3 is 2. The predicted octanol–water partition coefficient (Wildman–Crippen LogP) is 1.93. The Kier molecular flexibility index (Phi) is 7.75. The van der Waals surface area contributed by atoms with E-state index in [1.54, 1.807) is 14.2 Å². The fourth-order valence-corrected chi connectivity index (χ4v) is 4.06. The van der Waals surface area contributed by atoms with Gasteiger partial charge in [-0.1, -0.05) is 60.7 Å². The molecule has 8 heteroatoms. The number of hydrogen-bond acceptors (Lipinski definition) is 6. The number of benzene rings is 2. The quantitative estimate of drug-likeness (QED) is 0.592. The van der Waals surface area contributed by atoms with Gasteiger partial charge in [0.2, 0.25) is 5.91 Å². The second-order valence-electron chi connectivity index (χ2n) is 7.43. The van der Waals surface area contributed by atoms with Crippen LogP contribution in [-0.4, -0.2) is 60.9 Å². The van der Waals surface area contributed by atoms with Gasteiger partial charge < -0.3 is 14.6 Å². The lowest BCUT2D eigenvalue weighted by Gasteiger charge is -2.45. The average Bonchev–Trinajstić information content (AvgIpc) is 2.79. The second-order valence-corrected chi connectivity index (χ2v) is 7.43. The van der Waals surface area contributed by atoms with Gasteiger partial charge in [-0.25, -0.2) is 4.79 Å². The molecule has 1 heterocycles. The molecule has 0 bridgehead atoms. The maximum absolute atomic E-state index is 12.8. The smallest absolute Gasteiger partial charge is 0.327 e. The summed E-state index contributed by atoms with van der Waals surface area (Å²) in [6, 6.07) is 17.5. The van der Waals surface area contributed by atoms with Crippen molar-refractivity contribution in [2.45, 2.75) is 44.0 Å². The van der Waals surface area contributed by atoms with Gasteiger partial charge in [0.15, 0.2) is 0 Å². The van der Waals surface area contributed by atoms with Crippen LogP contribution in [0.2, 0.25) is 0 Å². The van der Waals surface area contributed by atoms with Crippen molar-refractivity contribution in [2.24, 2.45) is 0 Å². The number of nitrogens with zero attached hydrogens (tertiary/aromatic N) is 1. The third-order valence-electron chi connectivity index (χ3n) is 5.51. The van der Waals surface area contributed by atoms with Crippen molar-refractivity contribution in [1.29, 1.82) is 0 Å². The maximum Gasteiger partial charge on any atom is 0.327 e. The van der Waals surface area contributed by atoms with Crippen LogP contribution < -0.4 is 10.6 Å². The van der Waals surface area contributed by atoms with Gasteiger partial charge >= 0.3 is 5.97 Å². The molecule has 0 radical (unpaired) electrons. The lowest BCUT2D eigenvalue weighted by Crippen LogP contribution is -2.69. The molecule has 8 nitrogen and oxygen atoms in total. The Morgan fingerprint density at radius 1 is 0.935 bits per heavy atom. The van der Waals surface area contributed by atoms with Crippen molar-refractivity contribution in [3.8, 4) is 0 Å². The first-order valence-corrected chi connectivity index (χ1v) is 10.2. The van der Waals surface area contributed by atoms with Crippen LogP contribution in [-0.2, 0) is 19.1 Å². The highest BCUT2D eigenvalue weighted by Crippen LogP contribution is 2.32. The fourth-order valence-electron chi connectivity index (χ4n) is 4.06. The largest absolute Gasteiger partial charge is 0.480 e. The molecule has 1 amide bonds. The summed E-state index contributed by atoms with van der Waals surface area (Å²) in [6.45, 7) is 1.37. The van der Waals surface area contributed by atoms with E-state index >= 15 is 0 Å². The van der Waals surface area contributed by atoms with Crippen LogP contribution in [0.1, 0.15) is 30.4 Å². The zero-order valence-corrected chi connectivity index (χ0v) is 17.9. The summed E-state index contributed by atoms with van der Waals surface area (Å²) < 4.78 is 10.9. The van der Waals surface area contributed by atoms with Gasteiger partial charge in [-0.15, -0.1) is 0 Å². The minimum atomic E-state index is -1.18. The van der Waals surface area contributed by atoms with E-state index in [-0.39, 0.29) is 5.91 Å². The molecule has 3 N–H and O–H groups in total. The number of carbonyl (C=O) groups excluding carboxylic acids is 1. The Morgan fingerprint density at radius 2 is 1.39 bits per heavy atom. The molecule has 0 aliphatic carbocycles. The molecule has 0 saturated carbocycles. The topological polar surface area (TPSA) is 100 Å². The van der Waals surface area contributed by atoms with Crippen LogP contribution in [0.15, 0.2) is 60.7 Å². The molecule has 3 atom stereocenters. The van der Waals surface area contributed by atoms with Crippen LogP contribution in [0.4, 0.5) is 0 Å². The summed E-state index contributed by atoms with van der Waals surface area (Å²) in [6.07, 6.45) is -1.09. The van der Waals surface area contributed by atoms with Crippen LogP contribution in [0.3, 0.4) is 0 Å². The summed E-state index contributed by atoms with van der Waals surface area (Å²) in [5, 5.41) is 16.7. The summed E-state index contributed by atoms with van der Waals surface area (Å²) in [5.74, 6) is -2.08. The number of ether oxygens (including phenoxy) is 2. The first kappa shape index (κ1) is 22.9.